The zero-order chi connectivity index (χ0) is 46.7. The van der Waals surface area contributed by atoms with Gasteiger partial charge in [0.15, 0.2) is 0 Å². The zero-order valence-corrected chi connectivity index (χ0v) is 42.1. The van der Waals surface area contributed by atoms with E-state index in [9.17, 15) is 19.8 Å². The summed E-state index contributed by atoms with van der Waals surface area (Å²) in [6, 6.07) is -0.714. The summed E-state index contributed by atoms with van der Waals surface area (Å²) in [7, 11) is 0. The number of carbonyl (C=O) groups excluding carboxylic acids is 2. The largest absolute Gasteiger partial charge is 0.462 e. The molecule has 64 heavy (non-hydrogen) atoms. The first-order valence-corrected chi connectivity index (χ1v) is 27.2. The first-order valence-electron chi connectivity index (χ1n) is 27.2. The summed E-state index contributed by atoms with van der Waals surface area (Å²) in [5.74, 6) is -0.510. The SMILES string of the molecule is CCCCC/C=C\C/C=C\C/C=C\CCCCCCCCC(=O)OC(CCCCCC/C=C\C/C=C\C/C=C\CCCCC)CC(=O)NC(CO)C(O)CCCCCCCCCCC. The van der Waals surface area contributed by atoms with Crippen molar-refractivity contribution in [2.75, 3.05) is 6.61 Å². The number of nitrogens with one attached hydrogen (secondary N) is 1. The molecule has 3 N–H and O–H groups in total. The van der Waals surface area contributed by atoms with Crippen LogP contribution in [0.15, 0.2) is 72.9 Å². The number of hydrogen-bond acceptors (Lipinski definition) is 5. The number of unbranched alkanes of at least 4 members (excludes halogenated alkanes) is 24. The number of amides is 1. The Morgan fingerprint density at radius 1 is 0.453 bits per heavy atom. The van der Waals surface area contributed by atoms with Gasteiger partial charge in [0.25, 0.3) is 0 Å². The lowest BCUT2D eigenvalue weighted by molar-refractivity contribution is -0.151. The lowest BCUT2D eigenvalue weighted by Gasteiger charge is -2.24. The van der Waals surface area contributed by atoms with E-state index in [0.717, 1.165) is 103 Å². The molecule has 0 saturated carbocycles. The van der Waals surface area contributed by atoms with Crippen LogP contribution in [0.25, 0.3) is 0 Å². The van der Waals surface area contributed by atoms with Crippen molar-refractivity contribution < 1.29 is 24.5 Å². The van der Waals surface area contributed by atoms with Crippen molar-refractivity contribution in [3.05, 3.63) is 72.9 Å². The highest BCUT2D eigenvalue weighted by molar-refractivity contribution is 5.77. The smallest absolute Gasteiger partial charge is 0.306 e. The van der Waals surface area contributed by atoms with Crippen molar-refractivity contribution in [3.8, 4) is 0 Å². The molecule has 0 aliphatic carbocycles. The van der Waals surface area contributed by atoms with Crippen LogP contribution in [-0.2, 0) is 14.3 Å². The van der Waals surface area contributed by atoms with Crippen molar-refractivity contribution in [3.63, 3.8) is 0 Å². The predicted molar refractivity (Wildman–Crippen MR) is 278 cm³/mol. The van der Waals surface area contributed by atoms with Gasteiger partial charge in [0.05, 0.1) is 25.2 Å². The minimum absolute atomic E-state index is 0.0547. The van der Waals surface area contributed by atoms with E-state index in [1.807, 2.05) is 0 Å². The minimum Gasteiger partial charge on any atom is -0.462 e. The Bertz CT molecular complexity index is 1190. The van der Waals surface area contributed by atoms with Gasteiger partial charge in [-0.3, -0.25) is 9.59 Å². The second-order valence-electron chi connectivity index (χ2n) is 18.3. The second-order valence-corrected chi connectivity index (χ2v) is 18.3. The molecule has 0 bridgehead atoms. The summed E-state index contributed by atoms with van der Waals surface area (Å²) in [5.41, 5.74) is 0. The molecule has 370 valence electrons. The number of aliphatic hydroxyl groups excluding tert-OH is 2. The van der Waals surface area contributed by atoms with Gasteiger partial charge >= 0.3 is 5.97 Å². The van der Waals surface area contributed by atoms with Gasteiger partial charge in [0, 0.05) is 6.42 Å². The summed E-state index contributed by atoms with van der Waals surface area (Å²) in [6.45, 7) is 6.40. The summed E-state index contributed by atoms with van der Waals surface area (Å²) < 4.78 is 5.93. The third-order valence-corrected chi connectivity index (χ3v) is 12.0. The van der Waals surface area contributed by atoms with E-state index in [-0.39, 0.29) is 24.9 Å². The van der Waals surface area contributed by atoms with E-state index >= 15 is 0 Å². The number of rotatable bonds is 48. The number of carbonyl (C=O) groups is 2. The number of allylic oxidation sites excluding steroid dienone is 12. The van der Waals surface area contributed by atoms with Gasteiger partial charge in [-0.1, -0.05) is 216 Å². The fourth-order valence-corrected chi connectivity index (χ4v) is 7.86. The average molecular weight is 894 g/mol. The van der Waals surface area contributed by atoms with E-state index in [2.05, 4.69) is 99.0 Å². The van der Waals surface area contributed by atoms with Crippen LogP contribution in [0.4, 0.5) is 0 Å². The van der Waals surface area contributed by atoms with E-state index in [1.165, 1.54) is 109 Å². The van der Waals surface area contributed by atoms with Gasteiger partial charge in [-0.15, -0.1) is 0 Å². The summed E-state index contributed by atoms with van der Waals surface area (Å²) >= 11 is 0. The van der Waals surface area contributed by atoms with Gasteiger partial charge in [0.1, 0.15) is 6.10 Å². The molecule has 3 unspecified atom stereocenters. The maximum absolute atomic E-state index is 13.2. The van der Waals surface area contributed by atoms with E-state index < -0.39 is 18.2 Å². The first-order chi connectivity index (χ1) is 31.5. The first kappa shape index (κ1) is 61.3. The molecular formula is C58H103NO5. The van der Waals surface area contributed by atoms with Gasteiger partial charge < -0.3 is 20.3 Å². The molecule has 0 aliphatic heterocycles. The Morgan fingerprint density at radius 3 is 1.23 bits per heavy atom. The Labute approximate surface area is 396 Å². The van der Waals surface area contributed by atoms with Crippen molar-refractivity contribution in [2.24, 2.45) is 0 Å². The normalized spacial score (nSPS) is 13.8. The topological polar surface area (TPSA) is 95.9 Å². The summed E-state index contributed by atoms with van der Waals surface area (Å²) in [5, 5.41) is 23.7. The third-order valence-electron chi connectivity index (χ3n) is 12.0. The quantitative estimate of drug-likeness (QED) is 0.0321. The molecular weight excluding hydrogens is 791 g/mol. The summed E-state index contributed by atoms with van der Waals surface area (Å²) in [6.07, 6.45) is 65.3. The molecule has 0 spiro atoms. The number of esters is 1. The highest BCUT2D eigenvalue weighted by Crippen LogP contribution is 2.17. The molecule has 6 heteroatoms. The van der Waals surface area contributed by atoms with Crippen LogP contribution in [-0.4, -0.2) is 46.9 Å². The highest BCUT2D eigenvalue weighted by Gasteiger charge is 2.24. The van der Waals surface area contributed by atoms with Crippen molar-refractivity contribution in [2.45, 2.75) is 277 Å². The predicted octanol–water partition coefficient (Wildman–Crippen LogP) is 16.6. The van der Waals surface area contributed by atoms with E-state index in [1.54, 1.807) is 0 Å². The van der Waals surface area contributed by atoms with E-state index in [0.29, 0.717) is 19.3 Å². The maximum atomic E-state index is 13.2. The molecule has 0 rings (SSSR count). The van der Waals surface area contributed by atoms with Crippen LogP contribution in [0.5, 0.6) is 0 Å². The molecule has 0 aromatic rings. The summed E-state index contributed by atoms with van der Waals surface area (Å²) in [4.78, 5) is 26.2. The van der Waals surface area contributed by atoms with Crippen molar-refractivity contribution in [1.29, 1.82) is 0 Å². The molecule has 0 radical (unpaired) electrons. The van der Waals surface area contributed by atoms with Crippen LogP contribution in [0.3, 0.4) is 0 Å². The van der Waals surface area contributed by atoms with Crippen LogP contribution in [0.2, 0.25) is 0 Å². The third kappa shape index (κ3) is 45.9. The minimum atomic E-state index is -0.798. The molecule has 0 aliphatic rings. The van der Waals surface area contributed by atoms with Gasteiger partial charge in [0.2, 0.25) is 5.91 Å². The van der Waals surface area contributed by atoms with Gasteiger partial charge in [-0.2, -0.15) is 0 Å². The monoisotopic (exact) mass is 894 g/mol. The molecule has 0 fully saturated rings. The Balaban J connectivity index is 4.63. The standard InChI is InChI=1S/C58H103NO5/c1-4-7-10-13-16-19-21-23-25-27-28-30-32-34-36-39-42-45-48-51-58(63)64-54(49-46-43-40-38-35-33-31-29-26-24-22-20-17-14-11-8-5-2)52-57(62)59-55(53-60)56(61)50-47-44-41-37-18-15-12-9-6-3/h16-17,19-20,23-26,28,30-31,33,54-56,60-61H,4-15,18,21-22,27,29,32,34-53H2,1-3H3,(H,59,62)/b19-16-,20-17-,25-23-,26-24-,30-28-,33-31-. The van der Waals surface area contributed by atoms with Crippen LogP contribution >= 0.6 is 0 Å². The van der Waals surface area contributed by atoms with Crippen LogP contribution in [0, 0.1) is 0 Å². The lowest BCUT2D eigenvalue weighted by atomic mass is 10.0. The van der Waals surface area contributed by atoms with Crippen molar-refractivity contribution in [1.82, 2.24) is 5.32 Å². The molecule has 0 saturated heterocycles. The fourth-order valence-electron chi connectivity index (χ4n) is 7.86. The molecule has 6 nitrogen and oxygen atoms in total. The Kier molecular flexibility index (Phi) is 49.1. The second kappa shape index (κ2) is 51.3. The van der Waals surface area contributed by atoms with Gasteiger partial charge in [-0.25, -0.2) is 0 Å². The molecule has 3 atom stereocenters. The highest BCUT2D eigenvalue weighted by atomic mass is 16.5. The van der Waals surface area contributed by atoms with Crippen LogP contribution in [0.1, 0.15) is 258 Å². The zero-order valence-electron chi connectivity index (χ0n) is 42.1. The number of ether oxygens (including phenoxy) is 1. The Hall–Kier alpha value is -2.70. The van der Waals surface area contributed by atoms with Gasteiger partial charge in [-0.05, 0) is 103 Å². The Morgan fingerprint density at radius 2 is 0.797 bits per heavy atom. The van der Waals surface area contributed by atoms with Crippen LogP contribution < -0.4 is 5.32 Å². The molecule has 0 aromatic carbocycles. The van der Waals surface area contributed by atoms with E-state index in [4.69, 9.17) is 4.74 Å². The lowest BCUT2D eigenvalue weighted by Crippen LogP contribution is -2.46. The molecule has 0 heterocycles. The molecule has 0 aromatic heterocycles. The maximum Gasteiger partial charge on any atom is 0.306 e. The number of hydrogen-bond donors (Lipinski definition) is 3. The number of aliphatic hydroxyl groups is 2. The van der Waals surface area contributed by atoms with Crippen molar-refractivity contribution >= 4 is 11.9 Å². The molecule has 1 amide bonds. The average Bonchev–Trinajstić information content (AvgIpc) is 3.29. The fraction of sp³-hybridized carbons (Fsp3) is 0.759.